The summed E-state index contributed by atoms with van der Waals surface area (Å²) in [5.41, 5.74) is 4.07. The second-order valence-electron chi connectivity index (χ2n) is 3.39. The van der Waals surface area contributed by atoms with E-state index in [-0.39, 0.29) is 12.6 Å². The maximum absolute atomic E-state index is 11.2. The predicted octanol–water partition coefficient (Wildman–Crippen LogP) is 0.427. The van der Waals surface area contributed by atoms with E-state index < -0.39 is 23.2 Å². The summed E-state index contributed by atoms with van der Waals surface area (Å²) in [7, 11) is 0. The lowest BCUT2D eigenvalue weighted by molar-refractivity contribution is 0.376. The van der Waals surface area contributed by atoms with Crippen molar-refractivity contribution in [3.8, 4) is 0 Å². The minimum absolute atomic E-state index is 0.0839. The average molecular weight is 213 g/mol. The lowest BCUT2D eigenvalue weighted by Crippen LogP contribution is -2.40. The van der Waals surface area contributed by atoms with Crippen LogP contribution < -0.4 is 17.0 Å². The molecule has 2 unspecified atom stereocenters. The molecule has 1 rings (SSSR count). The molecule has 0 saturated carbocycles. The quantitative estimate of drug-likeness (QED) is 0.677. The molecule has 1 heterocycles. The van der Waals surface area contributed by atoms with E-state index in [1.54, 1.807) is 6.92 Å². The van der Waals surface area contributed by atoms with Crippen LogP contribution in [0.5, 0.6) is 0 Å². The highest BCUT2D eigenvalue weighted by molar-refractivity contribution is 5.12. The molecule has 4 N–H and O–H groups in total. The maximum atomic E-state index is 11.2. The molecule has 0 aliphatic heterocycles. The predicted molar refractivity (Wildman–Crippen MR) is 58.7 cm³/mol. The highest BCUT2D eigenvalue weighted by Crippen LogP contribution is 2.23. The molecule has 0 saturated heterocycles. The summed E-state index contributed by atoms with van der Waals surface area (Å²) >= 11 is 0. The summed E-state index contributed by atoms with van der Waals surface area (Å²) in [5.74, 6) is 0. The third-order valence-corrected chi connectivity index (χ3v) is 2.36. The minimum Gasteiger partial charge on any atom is -0.320 e. The highest BCUT2D eigenvalue weighted by Gasteiger charge is 2.25. The van der Waals surface area contributed by atoms with E-state index in [9.17, 15) is 9.59 Å². The number of aromatic nitrogens is 2. The van der Waals surface area contributed by atoms with E-state index in [4.69, 9.17) is 8.48 Å². The van der Waals surface area contributed by atoms with Gasteiger partial charge in [0, 0.05) is 14.5 Å². The molecule has 1 aromatic heterocycles. The van der Waals surface area contributed by atoms with Crippen LogP contribution >= 0.6 is 0 Å². The second-order valence-corrected chi connectivity index (χ2v) is 3.39. The second kappa shape index (κ2) is 4.44. The van der Waals surface area contributed by atoms with Crippen LogP contribution in [0.4, 0.5) is 0 Å². The Morgan fingerprint density at radius 2 is 2.33 bits per heavy atom. The van der Waals surface area contributed by atoms with Gasteiger partial charge in [-0.2, -0.15) is 0 Å². The average Bonchev–Trinajstić information content (AvgIpc) is 2.26. The van der Waals surface area contributed by atoms with Gasteiger partial charge in [-0.05, 0) is 12.8 Å². The van der Waals surface area contributed by atoms with Gasteiger partial charge in [-0.1, -0.05) is 20.2 Å². The fourth-order valence-electron chi connectivity index (χ4n) is 1.42. The van der Waals surface area contributed by atoms with E-state index in [2.05, 4.69) is 9.97 Å². The smallest absolute Gasteiger partial charge is 0.320 e. The molecule has 0 fully saturated rings. The molecule has 0 spiro atoms. The summed E-state index contributed by atoms with van der Waals surface area (Å²) in [6.45, 7) is 1.87. The summed E-state index contributed by atoms with van der Waals surface area (Å²) in [5, 5.41) is 0. The molecule has 15 heavy (non-hydrogen) atoms. The number of nitrogens with two attached hydrogens (primary N) is 1. The van der Waals surface area contributed by atoms with Crippen molar-refractivity contribution in [3.05, 3.63) is 32.6 Å². The molecule has 0 bridgehead atoms. The molecule has 1 aromatic rings. The van der Waals surface area contributed by atoms with Crippen LogP contribution in [0.15, 0.2) is 15.7 Å². The van der Waals surface area contributed by atoms with Crippen molar-refractivity contribution in [2.75, 3.05) is 0 Å². The molecule has 5 nitrogen and oxygen atoms in total. The van der Waals surface area contributed by atoms with Gasteiger partial charge in [0.25, 0.3) is 5.56 Å². The molecule has 84 valence electrons. The molecule has 5 heteroatoms. The highest BCUT2D eigenvalue weighted by atomic mass is 16.2. The molecule has 0 aliphatic rings. The Kier molecular flexibility index (Phi) is 2.64. The van der Waals surface area contributed by atoms with Crippen molar-refractivity contribution in [1.29, 1.82) is 0 Å². The zero-order valence-corrected chi connectivity index (χ0v) is 8.67. The van der Waals surface area contributed by atoms with Gasteiger partial charge >= 0.3 is 5.69 Å². The van der Waals surface area contributed by atoms with Crippen molar-refractivity contribution in [1.82, 2.24) is 9.97 Å². The SMILES string of the molecule is [2H]CCC([2H])C(N)(CC)c1cc(=O)[nH]c(=O)[nH]1. The Hall–Kier alpha value is -1.36. The minimum atomic E-state index is -1.10. The zero-order chi connectivity index (χ0) is 13.1. The van der Waals surface area contributed by atoms with E-state index in [1.165, 1.54) is 6.07 Å². The first-order chi connectivity index (χ1) is 7.93. The zero-order valence-electron chi connectivity index (χ0n) is 10.7. The van der Waals surface area contributed by atoms with Gasteiger partial charge in [0.05, 0.1) is 5.54 Å². The first kappa shape index (κ1) is 8.91. The van der Waals surface area contributed by atoms with Gasteiger partial charge in [0.1, 0.15) is 0 Å². The molecular weight excluding hydrogens is 194 g/mol. The van der Waals surface area contributed by atoms with E-state index in [0.717, 1.165) is 0 Å². The monoisotopic (exact) mass is 213 g/mol. The fourth-order valence-corrected chi connectivity index (χ4v) is 1.42. The molecule has 0 aliphatic carbocycles. The first-order valence-electron chi connectivity index (χ1n) is 6.07. The number of hydrogen-bond acceptors (Lipinski definition) is 3. The Bertz CT molecular complexity index is 457. The third-order valence-electron chi connectivity index (χ3n) is 2.36. The summed E-state index contributed by atoms with van der Waals surface area (Å²) in [4.78, 5) is 26.9. The van der Waals surface area contributed by atoms with Gasteiger partial charge in [0.2, 0.25) is 0 Å². The van der Waals surface area contributed by atoms with Crippen LogP contribution in [0.25, 0.3) is 0 Å². The van der Waals surface area contributed by atoms with Crippen molar-refractivity contribution < 1.29 is 2.74 Å². The van der Waals surface area contributed by atoms with Crippen LogP contribution in [0.2, 0.25) is 0 Å². The fraction of sp³-hybridized carbons (Fsp3) is 0.600. The van der Waals surface area contributed by atoms with Crippen molar-refractivity contribution >= 4 is 0 Å². The summed E-state index contributed by atoms with van der Waals surface area (Å²) in [6.07, 6.45) is -0.0397. The van der Waals surface area contributed by atoms with Gasteiger partial charge in [0.15, 0.2) is 0 Å². The van der Waals surface area contributed by atoms with E-state index >= 15 is 0 Å². The van der Waals surface area contributed by atoms with Crippen LogP contribution in [0, 0.1) is 0 Å². The summed E-state index contributed by atoms with van der Waals surface area (Å²) in [6, 6.07) is 1.20. The number of nitrogens with one attached hydrogen (secondary N) is 2. The van der Waals surface area contributed by atoms with Crippen LogP contribution in [-0.4, -0.2) is 9.97 Å². The topological polar surface area (TPSA) is 91.7 Å². The van der Waals surface area contributed by atoms with Crippen LogP contribution in [0.1, 0.15) is 41.5 Å². The molecular formula is C10H17N3O2. The first-order valence-corrected chi connectivity index (χ1v) is 4.78. The normalized spacial score (nSPS) is 18.8. The molecule has 0 radical (unpaired) electrons. The maximum Gasteiger partial charge on any atom is 0.325 e. The lowest BCUT2D eigenvalue weighted by Gasteiger charge is -2.27. The Morgan fingerprint density at radius 3 is 2.87 bits per heavy atom. The van der Waals surface area contributed by atoms with Gasteiger partial charge in [-0.25, -0.2) is 4.79 Å². The lowest BCUT2D eigenvalue weighted by atomic mass is 9.88. The Morgan fingerprint density at radius 1 is 1.60 bits per heavy atom. The third kappa shape index (κ3) is 2.56. The van der Waals surface area contributed by atoms with Crippen molar-refractivity contribution in [3.63, 3.8) is 0 Å². The van der Waals surface area contributed by atoms with Crippen molar-refractivity contribution in [2.45, 2.75) is 38.6 Å². The van der Waals surface area contributed by atoms with Crippen molar-refractivity contribution in [2.24, 2.45) is 5.73 Å². The Labute approximate surface area is 90.5 Å². The van der Waals surface area contributed by atoms with Crippen LogP contribution in [0.3, 0.4) is 0 Å². The number of aromatic amines is 2. The van der Waals surface area contributed by atoms with Gasteiger partial charge in [-0.3, -0.25) is 9.78 Å². The molecule has 0 amide bonds. The van der Waals surface area contributed by atoms with Crippen LogP contribution in [-0.2, 0) is 5.54 Å². The standard InChI is InChI=1S/C10H17N3O2/c1-3-5-10(11,4-2)7-6-8(14)13-9(15)12-7/h6H,3-5,11H2,1-2H3,(H2,12,13,14,15)/i1D,5D. The van der Waals surface area contributed by atoms with E-state index in [1.807, 2.05) is 0 Å². The number of hydrogen-bond donors (Lipinski definition) is 3. The van der Waals surface area contributed by atoms with E-state index in [0.29, 0.717) is 12.8 Å². The van der Waals surface area contributed by atoms with Gasteiger partial charge in [-0.15, -0.1) is 0 Å². The van der Waals surface area contributed by atoms with Gasteiger partial charge < -0.3 is 10.7 Å². The summed E-state index contributed by atoms with van der Waals surface area (Å²) < 4.78 is 15.0. The number of rotatable bonds is 4. The molecule has 2 atom stereocenters. The number of H-pyrrole nitrogens is 2. The largest absolute Gasteiger partial charge is 0.325 e. The molecule has 0 aromatic carbocycles. The Balaban J connectivity index is 3.24.